The highest BCUT2D eigenvalue weighted by molar-refractivity contribution is 6.05. The van der Waals surface area contributed by atoms with Gasteiger partial charge in [-0.15, -0.1) is 0 Å². The molecule has 4 aromatic rings. The number of anilines is 1. The molecule has 3 N–H and O–H groups in total. The molecule has 0 atom stereocenters. The minimum Gasteiger partial charge on any atom is -0.361 e. The average Bonchev–Trinajstić information content (AvgIpc) is 3.33. The SMILES string of the molecule is CNC(=O)c1n[nH]c2cc(-c3ccc(NC(=O)Cc4cc(C)on4)cc3)ccc12. The third kappa shape index (κ3) is 3.86. The lowest BCUT2D eigenvalue weighted by atomic mass is 10.0. The molecule has 2 amide bonds. The summed E-state index contributed by atoms with van der Waals surface area (Å²) in [5.41, 5.74) is 4.40. The third-order valence-corrected chi connectivity index (χ3v) is 4.53. The Labute approximate surface area is 166 Å². The molecule has 0 saturated carbocycles. The molecule has 146 valence electrons. The minimum atomic E-state index is -0.232. The molecule has 4 rings (SSSR count). The maximum atomic E-state index is 12.1. The second-order valence-electron chi connectivity index (χ2n) is 6.64. The molecule has 0 radical (unpaired) electrons. The molecule has 0 saturated heterocycles. The number of aryl methyl sites for hydroxylation is 1. The van der Waals surface area contributed by atoms with Gasteiger partial charge in [-0.1, -0.05) is 23.4 Å². The van der Waals surface area contributed by atoms with Crippen LogP contribution in [0.25, 0.3) is 22.0 Å². The number of nitrogens with one attached hydrogen (secondary N) is 3. The van der Waals surface area contributed by atoms with Crippen molar-refractivity contribution in [1.29, 1.82) is 0 Å². The van der Waals surface area contributed by atoms with Crippen LogP contribution in [0, 0.1) is 6.92 Å². The standard InChI is InChI=1S/C21H19N5O3/c1-12-9-16(26-29-12)11-19(27)23-15-6-3-13(4-7-15)14-5-8-17-18(10-14)24-25-20(17)21(28)22-2/h3-10H,11H2,1-2H3,(H,22,28)(H,23,27)(H,24,25). The lowest BCUT2D eigenvalue weighted by Gasteiger charge is -2.06. The van der Waals surface area contributed by atoms with Gasteiger partial charge in [0.2, 0.25) is 5.91 Å². The number of carbonyl (C=O) groups is 2. The van der Waals surface area contributed by atoms with Crippen LogP contribution in [-0.2, 0) is 11.2 Å². The normalized spacial score (nSPS) is 10.8. The van der Waals surface area contributed by atoms with Crippen LogP contribution < -0.4 is 10.6 Å². The largest absolute Gasteiger partial charge is 0.361 e. The van der Waals surface area contributed by atoms with E-state index in [0.29, 0.717) is 22.8 Å². The molecule has 29 heavy (non-hydrogen) atoms. The first-order valence-corrected chi connectivity index (χ1v) is 9.06. The van der Waals surface area contributed by atoms with Crippen LogP contribution in [0.5, 0.6) is 0 Å². The van der Waals surface area contributed by atoms with Crippen molar-refractivity contribution < 1.29 is 14.1 Å². The minimum absolute atomic E-state index is 0.156. The van der Waals surface area contributed by atoms with Crippen molar-refractivity contribution in [1.82, 2.24) is 20.7 Å². The highest BCUT2D eigenvalue weighted by atomic mass is 16.5. The zero-order valence-corrected chi connectivity index (χ0v) is 15.9. The molecule has 2 aromatic heterocycles. The number of carbonyl (C=O) groups excluding carboxylic acids is 2. The summed E-state index contributed by atoms with van der Waals surface area (Å²) in [5.74, 6) is 0.283. The number of H-pyrrole nitrogens is 1. The fraction of sp³-hybridized carbons (Fsp3) is 0.143. The van der Waals surface area contributed by atoms with Crippen LogP contribution in [0.2, 0.25) is 0 Å². The first-order chi connectivity index (χ1) is 14.0. The number of nitrogens with zero attached hydrogens (tertiary/aromatic N) is 2. The van der Waals surface area contributed by atoms with E-state index in [1.165, 1.54) is 0 Å². The summed E-state index contributed by atoms with van der Waals surface area (Å²) in [5, 5.41) is 17.0. The fourth-order valence-corrected chi connectivity index (χ4v) is 3.11. The number of hydrogen-bond donors (Lipinski definition) is 3. The summed E-state index contributed by atoms with van der Waals surface area (Å²) in [6, 6.07) is 15.0. The Bertz CT molecular complexity index is 1190. The molecule has 2 heterocycles. The first kappa shape index (κ1) is 18.4. The van der Waals surface area contributed by atoms with E-state index in [1.54, 1.807) is 20.0 Å². The van der Waals surface area contributed by atoms with E-state index < -0.39 is 0 Å². The number of hydrogen-bond acceptors (Lipinski definition) is 5. The van der Waals surface area contributed by atoms with Crippen LogP contribution in [0.1, 0.15) is 21.9 Å². The molecule has 0 aliphatic carbocycles. The summed E-state index contributed by atoms with van der Waals surface area (Å²) in [6.45, 7) is 1.78. The van der Waals surface area contributed by atoms with Crippen molar-refractivity contribution in [2.24, 2.45) is 0 Å². The Hall–Kier alpha value is -3.94. The second-order valence-corrected chi connectivity index (χ2v) is 6.64. The molecule has 2 aromatic carbocycles. The summed E-state index contributed by atoms with van der Waals surface area (Å²) in [4.78, 5) is 24.0. The molecule has 0 unspecified atom stereocenters. The van der Waals surface area contributed by atoms with Crippen LogP contribution in [0.4, 0.5) is 5.69 Å². The lowest BCUT2D eigenvalue weighted by Crippen LogP contribution is -2.18. The molecule has 8 heteroatoms. The number of benzene rings is 2. The van der Waals surface area contributed by atoms with Gasteiger partial charge in [0.15, 0.2) is 5.69 Å². The Morgan fingerprint density at radius 1 is 1.07 bits per heavy atom. The van der Waals surface area contributed by atoms with Gasteiger partial charge in [0.25, 0.3) is 5.91 Å². The third-order valence-electron chi connectivity index (χ3n) is 4.53. The highest BCUT2D eigenvalue weighted by Gasteiger charge is 2.13. The topological polar surface area (TPSA) is 113 Å². The summed E-state index contributed by atoms with van der Waals surface area (Å²) in [7, 11) is 1.57. The zero-order chi connectivity index (χ0) is 20.4. The van der Waals surface area contributed by atoms with Crippen LogP contribution in [0.15, 0.2) is 53.1 Å². The van der Waals surface area contributed by atoms with Gasteiger partial charge in [0.1, 0.15) is 5.76 Å². The zero-order valence-electron chi connectivity index (χ0n) is 15.9. The van der Waals surface area contributed by atoms with Crippen molar-refractivity contribution in [2.75, 3.05) is 12.4 Å². The van der Waals surface area contributed by atoms with E-state index in [2.05, 4.69) is 26.0 Å². The van der Waals surface area contributed by atoms with Crippen molar-refractivity contribution in [3.63, 3.8) is 0 Å². The first-order valence-electron chi connectivity index (χ1n) is 9.06. The van der Waals surface area contributed by atoms with E-state index in [-0.39, 0.29) is 18.2 Å². The van der Waals surface area contributed by atoms with Gasteiger partial charge in [-0.3, -0.25) is 14.7 Å². The van der Waals surface area contributed by atoms with E-state index in [4.69, 9.17) is 4.52 Å². The number of fused-ring (bicyclic) bond motifs is 1. The maximum Gasteiger partial charge on any atom is 0.272 e. The Kier molecular flexibility index (Phi) is 4.82. The average molecular weight is 389 g/mol. The molecule has 8 nitrogen and oxygen atoms in total. The van der Waals surface area contributed by atoms with Crippen LogP contribution in [-0.4, -0.2) is 34.2 Å². The molecule has 0 bridgehead atoms. The highest BCUT2D eigenvalue weighted by Crippen LogP contribution is 2.26. The number of rotatable bonds is 5. The molecule has 0 fully saturated rings. The van der Waals surface area contributed by atoms with Gasteiger partial charge in [-0.25, -0.2) is 0 Å². The predicted molar refractivity (Wildman–Crippen MR) is 108 cm³/mol. The van der Waals surface area contributed by atoms with Gasteiger partial charge in [0, 0.05) is 24.2 Å². The summed E-state index contributed by atoms with van der Waals surface area (Å²) < 4.78 is 4.97. The molecule has 0 spiro atoms. The second kappa shape index (κ2) is 7.59. The Balaban J connectivity index is 1.48. The van der Waals surface area contributed by atoms with Gasteiger partial charge in [-0.05, 0) is 42.3 Å². The van der Waals surface area contributed by atoms with Crippen molar-refractivity contribution >= 4 is 28.4 Å². The fourth-order valence-electron chi connectivity index (χ4n) is 3.11. The van der Waals surface area contributed by atoms with E-state index in [0.717, 1.165) is 22.0 Å². The van der Waals surface area contributed by atoms with Crippen LogP contribution >= 0.6 is 0 Å². The van der Waals surface area contributed by atoms with Crippen molar-refractivity contribution in [3.05, 3.63) is 65.7 Å². The van der Waals surface area contributed by atoms with Crippen LogP contribution in [0.3, 0.4) is 0 Å². The van der Waals surface area contributed by atoms with Crippen molar-refractivity contribution in [3.8, 4) is 11.1 Å². The van der Waals surface area contributed by atoms with Gasteiger partial charge < -0.3 is 15.2 Å². The number of amides is 2. The van der Waals surface area contributed by atoms with E-state index >= 15 is 0 Å². The smallest absolute Gasteiger partial charge is 0.272 e. The van der Waals surface area contributed by atoms with Crippen molar-refractivity contribution in [2.45, 2.75) is 13.3 Å². The van der Waals surface area contributed by atoms with Gasteiger partial charge in [-0.2, -0.15) is 5.10 Å². The number of aromatic amines is 1. The van der Waals surface area contributed by atoms with E-state index in [1.807, 2.05) is 42.5 Å². The molecule has 0 aliphatic rings. The predicted octanol–water partition coefficient (Wildman–Crippen LogP) is 3.07. The molecular formula is C21H19N5O3. The monoisotopic (exact) mass is 389 g/mol. The maximum absolute atomic E-state index is 12.1. The van der Waals surface area contributed by atoms with Gasteiger partial charge >= 0.3 is 0 Å². The Morgan fingerprint density at radius 3 is 2.52 bits per heavy atom. The quantitative estimate of drug-likeness (QED) is 0.485. The molecule has 0 aliphatic heterocycles. The summed E-state index contributed by atoms with van der Waals surface area (Å²) in [6.07, 6.45) is 0.156. The molecular weight excluding hydrogens is 370 g/mol. The van der Waals surface area contributed by atoms with Gasteiger partial charge in [0.05, 0.1) is 17.6 Å². The Morgan fingerprint density at radius 2 is 1.83 bits per heavy atom. The lowest BCUT2D eigenvalue weighted by molar-refractivity contribution is -0.115. The van der Waals surface area contributed by atoms with E-state index in [9.17, 15) is 9.59 Å². The number of aromatic nitrogens is 3. The summed E-state index contributed by atoms with van der Waals surface area (Å²) >= 11 is 0.